The fourth-order valence-corrected chi connectivity index (χ4v) is 1.60. The molecule has 0 atom stereocenters. The Kier molecular flexibility index (Phi) is 2.42. The molecule has 1 fully saturated rings. The second-order valence-corrected chi connectivity index (χ2v) is 3.83. The van der Waals surface area contributed by atoms with E-state index in [1.807, 2.05) is 0 Å². The number of benzene rings is 1. The summed E-state index contributed by atoms with van der Waals surface area (Å²) in [6.45, 7) is 1.73. The van der Waals surface area contributed by atoms with Crippen LogP contribution in [0.4, 0.5) is 4.39 Å². The highest BCUT2D eigenvalue weighted by atomic mass is 19.1. The summed E-state index contributed by atoms with van der Waals surface area (Å²) in [7, 11) is 0. The van der Waals surface area contributed by atoms with Gasteiger partial charge in [0.15, 0.2) is 0 Å². The summed E-state index contributed by atoms with van der Waals surface area (Å²) in [5.41, 5.74) is 6.21. The molecular formula is C11H14FNO. The van der Waals surface area contributed by atoms with Crippen LogP contribution in [0.1, 0.15) is 18.4 Å². The lowest BCUT2D eigenvalue weighted by Gasteiger charge is -2.33. The number of halogens is 1. The first-order valence-corrected chi connectivity index (χ1v) is 4.84. The number of hydrogen-bond donors (Lipinski definition) is 1. The van der Waals surface area contributed by atoms with Crippen LogP contribution in [0.5, 0.6) is 5.75 Å². The van der Waals surface area contributed by atoms with E-state index in [0.717, 1.165) is 12.8 Å². The molecule has 1 aliphatic rings. The van der Waals surface area contributed by atoms with Crippen molar-refractivity contribution in [2.45, 2.75) is 31.9 Å². The van der Waals surface area contributed by atoms with Crippen LogP contribution in [0.25, 0.3) is 0 Å². The van der Waals surface area contributed by atoms with Crippen LogP contribution in [0.2, 0.25) is 0 Å². The van der Waals surface area contributed by atoms with Crippen LogP contribution in [0, 0.1) is 12.7 Å². The molecule has 1 aliphatic carbocycles. The first kappa shape index (κ1) is 9.46. The van der Waals surface area contributed by atoms with Gasteiger partial charge in [0.05, 0.1) is 0 Å². The molecule has 3 heteroatoms. The van der Waals surface area contributed by atoms with E-state index in [9.17, 15) is 4.39 Å². The molecule has 0 aliphatic heterocycles. The zero-order valence-electron chi connectivity index (χ0n) is 8.16. The van der Waals surface area contributed by atoms with Crippen LogP contribution in [0.15, 0.2) is 18.2 Å². The molecular weight excluding hydrogens is 181 g/mol. The van der Waals surface area contributed by atoms with Crippen molar-refractivity contribution in [1.82, 2.24) is 0 Å². The SMILES string of the molecule is Cc1c(F)cccc1O[C@H]1C[C@H](N)C1. The second-order valence-electron chi connectivity index (χ2n) is 3.83. The average Bonchev–Trinajstić information content (AvgIpc) is 2.10. The third-order valence-corrected chi connectivity index (χ3v) is 2.64. The zero-order valence-corrected chi connectivity index (χ0v) is 8.16. The summed E-state index contributed by atoms with van der Waals surface area (Å²) in [6, 6.07) is 5.15. The summed E-state index contributed by atoms with van der Waals surface area (Å²) in [5, 5.41) is 0. The fraction of sp³-hybridized carbons (Fsp3) is 0.455. The lowest BCUT2D eigenvalue weighted by molar-refractivity contribution is 0.0996. The number of hydrogen-bond acceptors (Lipinski definition) is 2. The molecule has 2 N–H and O–H groups in total. The van der Waals surface area contributed by atoms with E-state index in [2.05, 4.69) is 0 Å². The largest absolute Gasteiger partial charge is 0.490 e. The van der Waals surface area contributed by atoms with Crippen molar-refractivity contribution >= 4 is 0 Å². The summed E-state index contributed by atoms with van der Waals surface area (Å²) < 4.78 is 18.7. The minimum Gasteiger partial charge on any atom is -0.490 e. The van der Waals surface area contributed by atoms with Crippen LogP contribution in [0.3, 0.4) is 0 Å². The van der Waals surface area contributed by atoms with E-state index in [4.69, 9.17) is 10.5 Å². The molecule has 76 valence electrons. The fourth-order valence-electron chi connectivity index (χ4n) is 1.60. The van der Waals surface area contributed by atoms with Gasteiger partial charge in [-0.2, -0.15) is 0 Å². The molecule has 1 saturated carbocycles. The van der Waals surface area contributed by atoms with E-state index >= 15 is 0 Å². The standard InChI is InChI=1S/C11H14FNO/c1-7-10(12)3-2-4-11(7)14-9-5-8(13)6-9/h2-4,8-9H,5-6,13H2,1H3/t8-,9-. The third kappa shape index (κ3) is 1.73. The lowest BCUT2D eigenvalue weighted by atomic mass is 9.90. The van der Waals surface area contributed by atoms with Gasteiger partial charge in [-0.15, -0.1) is 0 Å². The smallest absolute Gasteiger partial charge is 0.129 e. The maximum absolute atomic E-state index is 13.1. The Morgan fingerprint density at radius 3 is 2.79 bits per heavy atom. The van der Waals surface area contributed by atoms with Crippen molar-refractivity contribution in [2.75, 3.05) is 0 Å². The van der Waals surface area contributed by atoms with Crippen molar-refractivity contribution in [1.29, 1.82) is 0 Å². The van der Waals surface area contributed by atoms with Gasteiger partial charge in [0.1, 0.15) is 17.7 Å². The molecule has 0 heterocycles. The molecule has 2 rings (SSSR count). The average molecular weight is 195 g/mol. The van der Waals surface area contributed by atoms with E-state index < -0.39 is 0 Å². The van der Waals surface area contributed by atoms with E-state index in [-0.39, 0.29) is 18.0 Å². The third-order valence-electron chi connectivity index (χ3n) is 2.64. The Labute approximate surface area is 82.9 Å². The predicted molar refractivity (Wildman–Crippen MR) is 52.8 cm³/mol. The summed E-state index contributed by atoms with van der Waals surface area (Å²) in [6.07, 6.45) is 1.91. The Morgan fingerprint density at radius 1 is 1.43 bits per heavy atom. The maximum atomic E-state index is 13.1. The van der Waals surface area contributed by atoms with Gasteiger partial charge in [0.25, 0.3) is 0 Å². The van der Waals surface area contributed by atoms with E-state index in [0.29, 0.717) is 11.3 Å². The van der Waals surface area contributed by atoms with Crippen molar-refractivity contribution in [2.24, 2.45) is 5.73 Å². The number of nitrogens with two attached hydrogens (primary N) is 1. The first-order chi connectivity index (χ1) is 6.66. The summed E-state index contributed by atoms with van der Waals surface area (Å²) in [4.78, 5) is 0. The molecule has 1 aromatic carbocycles. The van der Waals surface area contributed by atoms with Gasteiger partial charge >= 0.3 is 0 Å². The first-order valence-electron chi connectivity index (χ1n) is 4.84. The highest BCUT2D eigenvalue weighted by Gasteiger charge is 2.28. The van der Waals surface area contributed by atoms with Crippen LogP contribution >= 0.6 is 0 Å². The molecule has 0 amide bonds. The molecule has 1 aromatic rings. The van der Waals surface area contributed by atoms with Gasteiger partial charge in [0.2, 0.25) is 0 Å². The number of rotatable bonds is 2. The minimum absolute atomic E-state index is 0.172. The normalized spacial score (nSPS) is 25.6. The molecule has 14 heavy (non-hydrogen) atoms. The zero-order chi connectivity index (χ0) is 10.1. The van der Waals surface area contributed by atoms with Crippen molar-refractivity contribution in [3.63, 3.8) is 0 Å². The quantitative estimate of drug-likeness (QED) is 0.783. The second kappa shape index (κ2) is 3.58. The van der Waals surface area contributed by atoms with Crippen LogP contribution < -0.4 is 10.5 Å². The van der Waals surface area contributed by atoms with Gasteiger partial charge in [-0.1, -0.05) is 6.07 Å². The van der Waals surface area contributed by atoms with E-state index in [1.54, 1.807) is 19.1 Å². The molecule has 0 saturated heterocycles. The Bertz CT molecular complexity index is 334. The maximum Gasteiger partial charge on any atom is 0.129 e. The van der Waals surface area contributed by atoms with E-state index in [1.165, 1.54) is 6.07 Å². The highest BCUT2D eigenvalue weighted by molar-refractivity contribution is 5.33. The molecule has 0 unspecified atom stereocenters. The van der Waals surface area contributed by atoms with Gasteiger partial charge in [-0.25, -0.2) is 4.39 Å². The minimum atomic E-state index is -0.217. The molecule has 0 bridgehead atoms. The number of ether oxygens (including phenoxy) is 1. The Morgan fingerprint density at radius 2 is 2.14 bits per heavy atom. The Hall–Kier alpha value is -1.09. The molecule has 0 spiro atoms. The Balaban J connectivity index is 2.06. The molecule has 0 aromatic heterocycles. The highest BCUT2D eigenvalue weighted by Crippen LogP contribution is 2.27. The van der Waals surface area contributed by atoms with Crippen molar-refractivity contribution in [3.8, 4) is 5.75 Å². The van der Waals surface area contributed by atoms with Crippen LogP contribution in [-0.2, 0) is 0 Å². The van der Waals surface area contributed by atoms with Gasteiger partial charge in [-0.3, -0.25) is 0 Å². The van der Waals surface area contributed by atoms with Crippen molar-refractivity contribution < 1.29 is 9.13 Å². The summed E-state index contributed by atoms with van der Waals surface area (Å²) in [5.74, 6) is 0.424. The predicted octanol–water partition coefficient (Wildman–Crippen LogP) is 2.00. The monoisotopic (exact) mass is 195 g/mol. The molecule has 2 nitrogen and oxygen atoms in total. The molecule has 0 radical (unpaired) electrons. The topological polar surface area (TPSA) is 35.2 Å². The van der Waals surface area contributed by atoms with Gasteiger partial charge in [-0.05, 0) is 31.9 Å². The van der Waals surface area contributed by atoms with Gasteiger partial charge < -0.3 is 10.5 Å². The van der Waals surface area contributed by atoms with Crippen LogP contribution in [-0.4, -0.2) is 12.1 Å². The summed E-state index contributed by atoms with van der Waals surface area (Å²) >= 11 is 0. The lowest BCUT2D eigenvalue weighted by Crippen LogP contribution is -2.43. The van der Waals surface area contributed by atoms with Crippen molar-refractivity contribution in [3.05, 3.63) is 29.6 Å². The van der Waals surface area contributed by atoms with Gasteiger partial charge in [0, 0.05) is 11.6 Å².